The van der Waals surface area contributed by atoms with Gasteiger partial charge in [-0.1, -0.05) is 49.1 Å². The molecule has 21 heavy (non-hydrogen) atoms. The number of rotatable bonds is 8. The molecule has 0 aliphatic carbocycles. The number of nitrogens with one attached hydrogen (secondary N) is 1. The molecule has 0 aliphatic rings. The van der Waals surface area contributed by atoms with Crippen molar-refractivity contribution in [3.05, 3.63) is 77.9 Å². The maximum atomic E-state index is 9.29. The predicted octanol–water partition coefficient (Wildman–Crippen LogP) is 3.03. The Balaban J connectivity index is 1.84. The summed E-state index contributed by atoms with van der Waals surface area (Å²) in [5.74, 6) is 0.851. The first-order valence-corrected chi connectivity index (χ1v) is 7.04. The van der Waals surface area contributed by atoms with Gasteiger partial charge in [-0.25, -0.2) is 0 Å². The van der Waals surface area contributed by atoms with Crippen LogP contribution in [-0.4, -0.2) is 11.7 Å². The normalized spacial score (nSPS) is 10.3. The van der Waals surface area contributed by atoms with Crippen molar-refractivity contribution < 1.29 is 9.84 Å². The van der Waals surface area contributed by atoms with Gasteiger partial charge in [0.1, 0.15) is 12.4 Å². The molecule has 2 N–H and O–H groups in total. The molecule has 3 heteroatoms. The molecular formula is C18H21NO2. The third-order valence-corrected chi connectivity index (χ3v) is 3.22. The smallest absolute Gasteiger partial charge is 0.119 e. The lowest BCUT2D eigenvalue weighted by atomic mass is 10.1. The van der Waals surface area contributed by atoms with Crippen molar-refractivity contribution in [2.45, 2.75) is 19.7 Å². The highest BCUT2D eigenvalue weighted by molar-refractivity contribution is 5.28. The van der Waals surface area contributed by atoms with Crippen LogP contribution in [0.4, 0.5) is 0 Å². The van der Waals surface area contributed by atoms with Crippen LogP contribution in [0.25, 0.3) is 0 Å². The van der Waals surface area contributed by atoms with E-state index in [-0.39, 0.29) is 6.61 Å². The summed E-state index contributed by atoms with van der Waals surface area (Å²) in [6.07, 6.45) is 1.73. The van der Waals surface area contributed by atoms with Gasteiger partial charge in [0.2, 0.25) is 0 Å². The van der Waals surface area contributed by atoms with Crippen molar-refractivity contribution in [2.75, 3.05) is 6.61 Å². The molecule has 0 heterocycles. The van der Waals surface area contributed by atoms with E-state index in [2.05, 4.69) is 11.9 Å². The molecule has 0 amide bonds. The van der Waals surface area contributed by atoms with Crippen LogP contribution < -0.4 is 10.1 Å². The second-order valence-corrected chi connectivity index (χ2v) is 4.77. The Morgan fingerprint density at radius 2 is 1.71 bits per heavy atom. The molecule has 3 nitrogen and oxygen atoms in total. The zero-order valence-corrected chi connectivity index (χ0v) is 12.1. The molecule has 0 aromatic heterocycles. The van der Waals surface area contributed by atoms with Gasteiger partial charge in [0.05, 0.1) is 6.61 Å². The fraction of sp³-hybridized carbons (Fsp3) is 0.222. The van der Waals surface area contributed by atoms with Gasteiger partial charge >= 0.3 is 0 Å². The Bertz CT molecular complexity index is 564. The molecule has 2 aromatic carbocycles. The van der Waals surface area contributed by atoms with E-state index in [0.29, 0.717) is 6.61 Å². The standard InChI is InChI=1S/C18H21NO2/c1-2-11-21-18-9-7-15(8-10-18)12-19-13-16-5-3-4-6-17(16)14-20/h2-10,19-20H,1,11-14H2. The van der Waals surface area contributed by atoms with Crippen LogP contribution in [-0.2, 0) is 19.7 Å². The largest absolute Gasteiger partial charge is 0.490 e. The predicted molar refractivity (Wildman–Crippen MR) is 85.0 cm³/mol. The van der Waals surface area contributed by atoms with Gasteiger partial charge in [-0.05, 0) is 28.8 Å². The molecule has 2 aromatic rings. The zero-order valence-electron chi connectivity index (χ0n) is 12.1. The molecule has 0 atom stereocenters. The number of benzene rings is 2. The summed E-state index contributed by atoms with van der Waals surface area (Å²) >= 11 is 0. The van der Waals surface area contributed by atoms with Gasteiger partial charge in [0.25, 0.3) is 0 Å². The van der Waals surface area contributed by atoms with E-state index in [1.54, 1.807) is 6.08 Å². The van der Waals surface area contributed by atoms with Crippen molar-refractivity contribution in [3.63, 3.8) is 0 Å². The second-order valence-electron chi connectivity index (χ2n) is 4.77. The molecule has 0 fully saturated rings. The Morgan fingerprint density at radius 3 is 2.38 bits per heavy atom. The quantitative estimate of drug-likeness (QED) is 0.732. The van der Waals surface area contributed by atoms with E-state index in [1.165, 1.54) is 5.56 Å². The molecule has 110 valence electrons. The van der Waals surface area contributed by atoms with Gasteiger partial charge < -0.3 is 15.2 Å². The number of hydrogen-bond donors (Lipinski definition) is 2. The first kappa shape index (κ1) is 15.3. The van der Waals surface area contributed by atoms with Crippen molar-refractivity contribution in [1.82, 2.24) is 5.32 Å². The number of hydrogen-bond acceptors (Lipinski definition) is 3. The Hall–Kier alpha value is -2.10. The molecule has 0 bridgehead atoms. The minimum atomic E-state index is 0.0766. The monoisotopic (exact) mass is 283 g/mol. The molecule has 0 spiro atoms. The van der Waals surface area contributed by atoms with Gasteiger partial charge in [-0.15, -0.1) is 0 Å². The summed E-state index contributed by atoms with van der Waals surface area (Å²) in [6, 6.07) is 15.9. The maximum Gasteiger partial charge on any atom is 0.119 e. The van der Waals surface area contributed by atoms with Gasteiger partial charge in [0, 0.05) is 13.1 Å². The Labute approximate surface area is 125 Å². The highest BCUT2D eigenvalue weighted by Gasteiger charge is 2.00. The van der Waals surface area contributed by atoms with Crippen LogP contribution >= 0.6 is 0 Å². The fourth-order valence-corrected chi connectivity index (χ4v) is 2.08. The molecule has 0 saturated carbocycles. The highest BCUT2D eigenvalue weighted by atomic mass is 16.5. The molecule has 0 radical (unpaired) electrons. The summed E-state index contributed by atoms with van der Waals surface area (Å²) in [7, 11) is 0. The third-order valence-electron chi connectivity index (χ3n) is 3.22. The lowest BCUT2D eigenvalue weighted by molar-refractivity contribution is 0.280. The molecular weight excluding hydrogens is 262 g/mol. The highest BCUT2D eigenvalue weighted by Crippen LogP contribution is 2.13. The van der Waals surface area contributed by atoms with E-state index in [1.807, 2.05) is 48.5 Å². The van der Waals surface area contributed by atoms with Crippen LogP contribution in [0.15, 0.2) is 61.2 Å². The minimum Gasteiger partial charge on any atom is -0.490 e. The Morgan fingerprint density at radius 1 is 1.00 bits per heavy atom. The van der Waals surface area contributed by atoms with Crippen LogP contribution in [0.5, 0.6) is 5.75 Å². The van der Waals surface area contributed by atoms with E-state index < -0.39 is 0 Å². The summed E-state index contributed by atoms with van der Waals surface area (Å²) in [5, 5.41) is 12.7. The van der Waals surface area contributed by atoms with Gasteiger partial charge in [-0.3, -0.25) is 0 Å². The van der Waals surface area contributed by atoms with Crippen LogP contribution in [0.2, 0.25) is 0 Å². The SMILES string of the molecule is C=CCOc1ccc(CNCc2ccccc2CO)cc1. The van der Waals surface area contributed by atoms with E-state index in [4.69, 9.17) is 4.74 Å². The van der Waals surface area contributed by atoms with Gasteiger partial charge in [0.15, 0.2) is 0 Å². The summed E-state index contributed by atoms with van der Waals surface area (Å²) in [5.41, 5.74) is 3.30. The van der Waals surface area contributed by atoms with Crippen molar-refractivity contribution in [3.8, 4) is 5.75 Å². The van der Waals surface area contributed by atoms with Crippen molar-refractivity contribution in [1.29, 1.82) is 0 Å². The molecule has 0 aliphatic heterocycles. The first-order valence-electron chi connectivity index (χ1n) is 7.04. The number of aliphatic hydroxyl groups excluding tert-OH is 1. The lowest BCUT2D eigenvalue weighted by Crippen LogP contribution is -2.14. The molecule has 2 rings (SSSR count). The number of ether oxygens (including phenoxy) is 1. The van der Waals surface area contributed by atoms with Gasteiger partial charge in [-0.2, -0.15) is 0 Å². The lowest BCUT2D eigenvalue weighted by Gasteiger charge is -2.09. The summed E-state index contributed by atoms with van der Waals surface area (Å²) in [4.78, 5) is 0. The summed E-state index contributed by atoms with van der Waals surface area (Å²) < 4.78 is 5.45. The molecule has 0 unspecified atom stereocenters. The average Bonchev–Trinajstić information content (AvgIpc) is 2.54. The number of aliphatic hydroxyl groups is 1. The Kier molecular flexibility index (Phi) is 6.00. The zero-order chi connectivity index (χ0) is 14.9. The molecule has 0 saturated heterocycles. The topological polar surface area (TPSA) is 41.5 Å². The van der Waals surface area contributed by atoms with E-state index in [9.17, 15) is 5.11 Å². The maximum absolute atomic E-state index is 9.29. The average molecular weight is 283 g/mol. The van der Waals surface area contributed by atoms with E-state index in [0.717, 1.165) is 30.0 Å². The third kappa shape index (κ3) is 4.74. The van der Waals surface area contributed by atoms with Crippen molar-refractivity contribution >= 4 is 0 Å². The van der Waals surface area contributed by atoms with E-state index >= 15 is 0 Å². The first-order chi connectivity index (χ1) is 10.3. The van der Waals surface area contributed by atoms with Crippen LogP contribution in [0, 0.1) is 0 Å². The minimum absolute atomic E-state index is 0.0766. The fourth-order valence-electron chi connectivity index (χ4n) is 2.08. The second kappa shape index (κ2) is 8.25. The van der Waals surface area contributed by atoms with Crippen LogP contribution in [0.3, 0.4) is 0 Å². The van der Waals surface area contributed by atoms with Crippen LogP contribution in [0.1, 0.15) is 16.7 Å². The summed E-state index contributed by atoms with van der Waals surface area (Å²) in [6.45, 7) is 5.74. The van der Waals surface area contributed by atoms with Crippen molar-refractivity contribution in [2.24, 2.45) is 0 Å².